The Morgan fingerprint density at radius 1 is 0.957 bits per heavy atom. The molecule has 4 heterocycles. The average molecular weight is 677 g/mol. The molecule has 0 N–H and O–H groups in total. The maximum atomic E-state index is 13.9. The van der Waals surface area contributed by atoms with E-state index in [1.807, 2.05) is 0 Å². The fourth-order valence-corrected chi connectivity index (χ4v) is 5.39. The molecule has 0 radical (unpaired) electrons. The van der Waals surface area contributed by atoms with Crippen molar-refractivity contribution in [2.24, 2.45) is 7.05 Å². The van der Waals surface area contributed by atoms with Crippen LogP contribution >= 0.6 is 0 Å². The standard InChI is InChI=1S/C31H30F6N6O3Si/c1-42-16-24(31(35,36)37)40-28(42)20-9-7-19(8-10-20)26(44)22-15-43(18-45-12-13-47(2,3)4)23-14-39-27(41-25(22)23)21-6-5-11-38-29(21)46-17-30(32,33)34/h5-11,14-16H,12-13,17-18H2,1-4H3. The molecule has 47 heavy (non-hydrogen) atoms. The number of nitrogens with zero attached hydrogens (tertiary/aromatic N) is 6. The van der Waals surface area contributed by atoms with Gasteiger partial charge in [0.25, 0.3) is 0 Å². The zero-order valence-electron chi connectivity index (χ0n) is 25.8. The molecule has 0 fully saturated rings. The van der Waals surface area contributed by atoms with Gasteiger partial charge in [0.2, 0.25) is 5.88 Å². The molecule has 5 rings (SSSR count). The van der Waals surface area contributed by atoms with Crippen LogP contribution in [0.1, 0.15) is 21.6 Å². The Bertz CT molecular complexity index is 1900. The number of aromatic nitrogens is 6. The van der Waals surface area contributed by atoms with E-state index >= 15 is 0 Å². The molecule has 0 saturated carbocycles. The van der Waals surface area contributed by atoms with Gasteiger partial charge in [-0.05, 0) is 18.2 Å². The van der Waals surface area contributed by atoms with E-state index in [1.54, 1.807) is 10.8 Å². The number of rotatable bonds is 11. The minimum atomic E-state index is -4.61. The molecule has 0 aliphatic heterocycles. The molecule has 9 nitrogen and oxygen atoms in total. The third kappa shape index (κ3) is 8.05. The van der Waals surface area contributed by atoms with Gasteiger partial charge in [-0.1, -0.05) is 43.9 Å². The number of alkyl halides is 6. The molecule has 4 aromatic heterocycles. The summed E-state index contributed by atoms with van der Waals surface area (Å²) < 4.78 is 92.0. The van der Waals surface area contributed by atoms with Gasteiger partial charge >= 0.3 is 12.4 Å². The number of fused-ring (bicyclic) bond motifs is 1. The van der Waals surface area contributed by atoms with Crippen LogP contribution in [-0.4, -0.2) is 62.3 Å². The van der Waals surface area contributed by atoms with E-state index in [9.17, 15) is 31.1 Å². The number of carbonyl (C=O) groups is 1. The average Bonchev–Trinajstić information content (AvgIpc) is 3.58. The molecular weight excluding hydrogens is 646 g/mol. The highest BCUT2D eigenvalue weighted by Crippen LogP contribution is 2.32. The van der Waals surface area contributed by atoms with E-state index in [0.717, 1.165) is 12.2 Å². The number of ether oxygens (including phenoxy) is 2. The summed E-state index contributed by atoms with van der Waals surface area (Å²) in [5.74, 6) is -0.729. The summed E-state index contributed by atoms with van der Waals surface area (Å²) in [6.45, 7) is 5.66. The van der Waals surface area contributed by atoms with Crippen molar-refractivity contribution in [1.29, 1.82) is 0 Å². The number of hydrogen-bond donors (Lipinski definition) is 0. The number of benzene rings is 1. The highest BCUT2D eigenvalue weighted by Gasteiger charge is 2.34. The van der Waals surface area contributed by atoms with Crippen molar-refractivity contribution < 1.29 is 40.6 Å². The Labute approximate surface area is 266 Å². The summed E-state index contributed by atoms with van der Waals surface area (Å²) in [4.78, 5) is 30.4. The Morgan fingerprint density at radius 3 is 2.32 bits per heavy atom. The minimum absolute atomic E-state index is 0.0141. The smallest absolute Gasteiger partial charge is 0.434 e. The fraction of sp³-hybridized carbons (Fsp3) is 0.323. The molecule has 0 aliphatic carbocycles. The van der Waals surface area contributed by atoms with E-state index in [2.05, 4.69) is 39.6 Å². The first-order valence-corrected chi connectivity index (χ1v) is 18.1. The maximum Gasteiger partial charge on any atom is 0.434 e. The Morgan fingerprint density at radius 2 is 1.68 bits per heavy atom. The third-order valence-electron chi connectivity index (χ3n) is 7.05. The first-order valence-electron chi connectivity index (χ1n) is 14.3. The summed E-state index contributed by atoms with van der Waals surface area (Å²) in [6, 6.07) is 9.79. The van der Waals surface area contributed by atoms with Gasteiger partial charge in [0, 0.05) is 51.4 Å². The fourth-order valence-electron chi connectivity index (χ4n) is 4.64. The minimum Gasteiger partial charge on any atom is -0.467 e. The van der Waals surface area contributed by atoms with Gasteiger partial charge in [-0.2, -0.15) is 26.3 Å². The van der Waals surface area contributed by atoms with Crippen molar-refractivity contribution in [2.45, 2.75) is 44.8 Å². The number of carbonyl (C=O) groups excluding carboxylic acids is 1. The van der Waals surface area contributed by atoms with Gasteiger partial charge in [0.05, 0.1) is 22.8 Å². The molecule has 0 spiro atoms. The van der Waals surface area contributed by atoms with Gasteiger partial charge in [-0.15, -0.1) is 0 Å². The predicted octanol–water partition coefficient (Wildman–Crippen LogP) is 7.40. The molecule has 1 aromatic carbocycles. The molecule has 0 unspecified atom stereocenters. The van der Waals surface area contributed by atoms with Gasteiger partial charge in [0.15, 0.2) is 23.9 Å². The van der Waals surface area contributed by atoms with Crippen molar-refractivity contribution >= 4 is 24.9 Å². The number of imidazole rings is 1. The topological polar surface area (TPSA) is 97.0 Å². The van der Waals surface area contributed by atoms with Crippen LogP contribution in [-0.2, 0) is 24.7 Å². The monoisotopic (exact) mass is 676 g/mol. The first kappa shape index (κ1) is 33.8. The van der Waals surface area contributed by atoms with Crippen LogP contribution in [0.15, 0.2) is 61.2 Å². The summed E-state index contributed by atoms with van der Waals surface area (Å²) in [6.07, 6.45) is -4.05. The third-order valence-corrected chi connectivity index (χ3v) is 8.75. The highest BCUT2D eigenvalue weighted by molar-refractivity contribution is 6.76. The number of aryl methyl sites for hydroxylation is 1. The number of ketones is 1. The Hall–Kier alpha value is -4.57. The maximum absolute atomic E-state index is 13.9. The molecule has 5 aromatic rings. The van der Waals surface area contributed by atoms with Gasteiger partial charge in [-0.3, -0.25) is 4.79 Å². The van der Waals surface area contributed by atoms with Crippen LogP contribution in [0.5, 0.6) is 5.88 Å². The van der Waals surface area contributed by atoms with E-state index in [1.165, 1.54) is 60.4 Å². The van der Waals surface area contributed by atoms with Gasteiger partial charge < -0.3 is 18.6 Å². The summed E-state index contributed by atoms with van der Waals surface area (Å²) in [7, 11) is 0.0620. The lowest BCUT2D eigenvalue weighted by Gasteiger charge is -2.15. The molecule has 248 valence electrons. The molecule has 16 heteroatoms. The highest BCUT2D eigenvalue weighted by atomic mass is 28.3. The molecular formula is C31H30F6N6O3Si. The van der Waals surface area contributed by atoms with Crippen LogP contribution in [0.2, 0.25) is 25.7 Å². The second-order valence-electron chi connectivity index (χ2n) is 12.0. The zero-order chi connectivity index (χ0) is 34.1. The second kappa shape index (κ2) is 12.9. The lowest BCUT2D eigenvalue weighted by atomic mass is 10.0. The molecule has 0 bridgehead atoms. The second-order valence-corrected chi connectivity index (χ2v) is 17.6. The van der Waals surface area contributed by atoms with Crippen molar-refractivity contribution in [3.8, 4) is 28.7 Å². The molecule has 0 saturated heterocycles. The lowest BCUT2D eigenvalue weighted by Crippen LogP contribution is -2.22. The van der Waals surface area contributed by atoms with Crippen LogP contribution in [0.25, 0.3) is 33.8 Å². The van der Waals surface area contributed by atoms with Crippen LogP contribution < -0.4 is 4.74 Å². The van der Waals surface area contributed by atoms with Crippen LogP contribution in [0, 0.1) is 0 Å². The molecule has 0 aliphatic rings. The SMILES string of the molecule is Cn1cc(C(F)(F)F)nc1-c1ccc(C(=O)c2cn(COCC[Si](C)(C)C)c3cnc(-c4cccnc4OCC(F)(F)F)nc23)cc1. The van der Waals surface area contributed by atoms with Gasteiger partial charge in [-0.25, -0.2) is 19.9 Å². The van der Waals surface area contributed by atoms with Crippen molar-refractivity contribution in [1.82, 2.24) is 29.1 Å². The van der Waals surface area contributed by atoms with E-state index < -0.39 is 38.5 Å². The van der Waals surface area contributed by atoms with Gasteiger partial charge in [0.1, 0.15) is 18.1 Å². The predicted molar refractivity (Wildman–Crippen MR) is 163 cm³/mol. The molecule has 0 amide bonds. The summed E-state index contributed by atoms with van der Waals surface area (Å²) in [5, 5.41) is 0. The Balaban J connectivity index is 1.51. The zero-order valence-corrected chi connectivity index (χ0v) is 26.8. The van der Waals surface area contributed by atoms with Crippen LogP contribution in [0.3, 0.4) is 0 Å². The van der Waals surface area contributed by atoms with Crippen molar-refractivity contribution in [2.75, 3.05) is 13.2 Å². The summed E-state index contributed by atoms with van der Waals surface area (Å²) in [5.41, 5.74) is 0.445. The largest absolute Gasteiger partial charge is 0.467 e. The first-order chi connectivity index (χ1) is 22.0. The summed E-state index contributed by atoms with van der Waals surface area (Å²) >= 11 is 0. The quantitative estimate of drug-likeness (QED) is 0.0623. The Kier molecular flexibility index (Phi) is 9.28. The van der Waals surface area contributed by atoms with Crippen molar-refractivity contribution in [3.05, 3.63) is 78.0 Å². The van der Waals surface area contributed by atoms with E-state index in [0.29, 0.717) is 17.7 Å². The number of hydrogen-bond acceptors (Lipinski definition) is 7. The normalized spacial score (nSPS) is 12.6. The molecule has 0 atom stereocenters. The lowest BCUT2D eigenvalue weighted by molar-refractivity contribution is -0.154. The number of halogens is 6. The van der Waals surface area contributed by atoms with Crippen LogP contribution in [0.4, 0.5) is 26.3 Å². The van der Waals surface area contributed by atoms with E-state index in [-0.39, 0.29) is 46.5 Å². The van der Waals surface area contributed by atoms with Crippen molar-refractivity contribution in [3.63, 3.8) is 0 Å². The number of pyridine rings is 1. The van der Waals surface area contributed by atoms with E-state index in [4.69, 9.17) is 9.47 Å².